The second-order valence-electron chi connectivity index (χ2n) is 2.82. The molecule has 0 aliphatic heterocycles. The fourth-order valence-corrected chi connectivity index (χ4v) is 1.43. The van der Waals surface area contributed by atoms with Gasteiger partial charge in [-0.25, -0.2) is 4.39 Å². The average molecular weight is 260 g/mol. The summed E-state index contributed by atoms with van der Waals surface area (Å²) in [4.78, 5) is 3.73. The Morgan fingerprint density at radius 2 is 2.21 bits per heavy atom. The molecule has 0 amide bonds. The molecule has 0 aliphatic rings. The van der Waals surface area contributed by atoms with Crippen molar-refractivity contribution in [2.45, 2.75) is 6.92 Å². The van der Waals surface area contributed by atoms with Crippen LogP contribution in [-0.4, -0.2) is 13.0 Å². The molecule has 0 saturated carbocycles. The lowest BCUT2D eigenvalue weighted by atomic mass is 10.2. The molecular formula is C9H11BrFN3. The minimum atomic E-state index is -0.331. The summed E-state index contributed by atoms with van der Waals surface area (Å²) in [7, 11) is 1.56. The van der Waals surface area contributed by atoms with E-state index in [1.807, 2.05) is 6.92 Å². The first kappa shape index (κ1) is 11.0. The Hall–Kier alpha value is -1.10. The maximum atomic E-state index is 13.1. The molecule has 1 aromatic carbocycles. The third-order valence-electron chi connectivity index (χ3n) is 1.77. The minimum Gasteiger partial charge on any atom is -0.370 e. The molecule has 14 heavy (non-hydrogen) atoms. The highest BCUT2D eigenvalue weighted by atomic mass is 79.9. The Morgan fingerprint density at radius 1 is 1.57 bits per heavy atom. The molecule has 0 radical (unpaired) electrons. The van der Waals surface area contributed by atoms with Crippen LogP contribution in [0.2, 0.25) is 0 Å². The summed E-state index contributed by atoms with van der Waals surface area (Å²) in [6.45, 7) is 1.86. The Labute approximate surface area is 90.3 Å². The molecule has 76 valence electrons. The van der Waals surface area contributed by atoms with Gasteiger partial charge in [-0.05, 0) is 40.5 Å². The van der Waals surface area contributed by atoms with Crippen LogP contribution < -0.4 is 11.1 Å². The van der Waals surface area contributed by atoms with Gasteiger partial charge in [0, 0.05) is 12.7 Å². The lowest BCUT2D eigenvalue weighted by Crippen LogP contribution is -2.22. The van der Waals surface area contributed by atoms with Gasteiger partial charge in [0.2, 0.25) is 0 Å². The van der Waals surface area contributed by atoms with Crippen molar-refractivity contribution < 1.29 is 4.39 Å². The summed E-state index contributed by atoms with van der Waals surface area (Å²) in [5.41, 5.74) is 6.98. The standard InChI is InChI=1S/C9H11BrFN3/c1-5-3-6(10)7(11)4-8(5)14-9(12)13-2/h3-4H,1-2H3,(H3,12,13,14). The second kappa shape index (κ2) is 4.41. The number of nitrogens with one attached hydrogen (secondary N) is 1. The van der Waals surface area contributed by atoms with E-state index in [1.54, 1.807) is 13.1 Å². The molecule has 0 aliphatic carbocycles. The first-order valence-corrected chi connectivity index (χ1v) is 4.79. The van der Waals surface area contributed by atoms with E-state index in [4.69, 9.17) is 5.73 Å². The lowest BCUT2D eigenvalue weighted by molar-refractivity contribution is 0.621. The van der Waals surface area contributed by atoms with Crippen LogP contribution in [0.15, 0.2) is 21.6 Å². The highest BCUT2D eigenvalue weighted by Gasteiger charge is 2.05. The molecule has 3 nitrogen and oxygen atoms in total. The normalized spacial score (nSPS) is 11.6. The highest BCUT2D eigenvalue weighted by molar-refractivity contribution is 9.10. The summed E-state index contributed by atoms with van der Waals surface area (Å²) in [5, 5.41) is 2.79. The molecule has 0 saturated heterocycles. The van der Waals surface area contributed by atoms with Crippen molar-refractivity contribution in [3.05, 3.63) is 28.0 Å². The zero-order valence-corrected chi connectivity index (χ0v) is 9.52. The topological polar surface area (TPSA) is 50.4 Å². The maximum Gasteiger partial charge on any atom is 0.192 e. The molecule has 1 rings (SSSR count). The van der Waals surface area contributed by atoms with Gasteiger partial charge in [0.25, 0.3) is 0 Å². The number of aryl methyl sites for hydroxylation is 1. The largest absolute Gasteiger partial charge is 0.370 e. The van der Waals surface area contributed by atoms with Crippen LogP contribution in [0.3, 0.4) is 0 Å². The molecule has 0 atom stereocenters. The number of guanidine groups is 1. The second-order valence-corrected chi connectivity index (χ2v) is 3.67. The van der Waals surface area contributed by atoms with Crippen LogP contribution >= 0.6 is 15.9 Å². The lowest BCUT2D eigenvalue weighted by Gasteiger charge is -2.09. The summed E-state index contributed by atoms with van der Waals surface area (Å²) in [5.74, 6) is -0.0724. The van der Waals surface area contributed by atoms with Gasteiger partial charge < -0.3 is 11.1 Å². The number of aliphatic imine (C=N–C) groups is 1. The number of benzene rings is 1. The van der Waals surface area contributed by atoms with Crippen molar-refractivity contribution in [2.75, 3.05) is 12.4 Å². The summed E-state index contributed by atoms with van der Waals surface area (Å²) in [6.07, 6.45) is 0. The van der Waals surface area contributed by atoms with Crippen molar-refractivity contribution in [3.63, 3.8) is 0 Å². The van der Waals surface area contributed by atoms with E-state index in [1.165, 1.54) is 6.07 Å². The zero-order chi connectivity index (χ0) is 10.7. The first-order valence-electron chi connectivity index (χ1n) is 3.99. The van der Waals surface area contributed by atoms with Crippen LogP contribution in [0.5, 0.6) is 0 Å². The maximum absolute atomic E-state index is 13.1. The van der Waals surface area contributed by atoms with Crippen LogP contribution in [0.4, 0.5) is 10.1 Å². The summed E-state index contributed by atoms with van der Waals surface area (Å²) >= 11 is 3.10. The van der Waals surface area contributed by atoms with Gasteiger partial charge in [0.1, 0.15) is 5.82 Å². The molecule has 0 heterocycles. The smallest absolute Gasteiger partial charge is 0.192 e. The van der Waals surface area contributed by atoms with Gasteiger partial charge in [-0.2, -0.15) is 0 Å². The molecular weight excluding hydrogens is 249 g/mol. The Morgan fingerprint density at radius 3 is 2.79 bits per heavy atom. The van der Waals surface area contributed by atoms with Crippen LogP contribution in [0, 0.1) is 12.7 Å². The number of halogens is 2. The molecule has 5 heteroatoms. The molecule has 1 aromatic rings. The third kappa shape index (κ3) is 2.45. The molecule has 0 bridgehead atoms. The van der Waals surface area contributed by atoms with E-state index in [2.05, 4.69) is 26.2 Å². The van der Waals surface area contributed by atoms with Crippen molar-refractivity contribution in [1.82, 2.24) is 0 Å². The van der Waals surface area contributed by atoms with E-state index in [-0.39, 0.29) is 11.8 Å². The van der Waals surface area contributed by atoms with Crippen LogP contribution in [0.25, 0.3) is 0 Å². The van der Waals surface area contributed by atoms with Gasteiger partial charge in [-0.1, -0.05) is 0 Å². The fraction of sp³-hybridized carbons (Fsp3) is 0.222. The Balaban J connectivity index is 3.04. The van der Waals surface area contributed by atoms with Gasteiger partial charge in [0.05, 0.1) is 4.47 Å². The predicted octanol–water partition coefficient (Wildman–Crippen LogP) is 2.25. The van der Waals surface area contributed by atoms with Crippen LogP contribution in [0.1, 0.15) is 5.56 Å². The Bertz CT molecular complexity index is 377. The SMILES string of the molecule is CN=C(N)Nc1cc(F)c(Br)cc1C. The first-order chi connectivity index (χ1) is 6.54. The van der Waals surface area contributed by atoms with E-state index in [9.17, 15) is 4.39 Å². The molecule has 0 spiro atoms. The number of nitrogens with two attached hydrogens (primary N) is 1. The van der Waals surface area contributed by atoms with Crippen LogP contribution in [-0.2, 0) is 0 Å². The zero-order valence-electron chi connectivity index (χ0n) is 7.94. The van der Waals surface area contributed by atoms with E-state index >= 15 is 0 Å². The number of nitrogens with zero attached hydrogens (tertiary/aromatic N) is 1. The summed E-state index contributed by atoms with van der Waals surface area (Å²) in [6, 6.07) is 3.05. The third-order valence-corrected chi connectivity index (χ3v) is 2.38. The van der Waals surface area contributed by atoms with Crippen molar-refractivity contribution in [3.8, 4) is 0 Å². The number of anilines is 1. The summed E-state index contributed by atoms with van der Waals surface area (Å²) < 4.78 is 13.6. The van der Waals surface area contributed by atoms with Crippen molar-refractivity contribution in [2.24, 2.45) is 10.7 Å². The number of hydrogen-bond donors (Lipinski definition) is 2. The average Bonchev–Trinajstić information content (AvgIpc) is 2.14. The van der Waals surface area contributed by atoms with E-state index in [0.29, 0.717) is 10.2 Å². The predicted molar refractivity (Wildman–Crippen MR) is 60.0 cm³/mol. The van der Waals surface area contributed by atoms with Gasteiger partial charge >= 0.3 is 0 Å². The fourth-order valence-electron chi connectivity index (χ4n) is 0.975. The highest BCUT2D eigenvalue weighted by Crippen LogP contribution is 2.23. The monoisotopic (exact) mass is 259 g/mol. The molecule has 0 unspecified atom stereocenters. The van der Waals surface area contributed by atoms with Gasteiger partial charge in [0.15, 0.2) is 5.96 Å². The van der Waals surface area contributed by atoms with E-state index < -0.39 is 0 Å². The van der Waals surface area contributed by atoms with Crippen molar-refractivity contribution >= 4 is 27.6 Å². The molecule has 0 aromatic heterocycles. The van der Waals surface area contributed by atoms with Gasteiger partial charge in [-0.15, -0.1) is 0 Å². The molecule has 0 fully saturated rings. The van der Waals surface area contributed by atoms with Gasteiger partial charge in [-0.3, -0.25) is 4.99 Å². The van der Waals surface area contributed by atoms with Crippen molar-refractivity contribution in [1.29, 1.82) is 0 Å². The molecule has 3 N–H and O–H groups in total. The number of rotatable bonds is 1. The Kier molecular flexibility index (Phi) is 3.46. The number of hydrogen-bond acceptors (Lipinski definition) is 1. The quantitative estimate of drug-likeness (QED) is 0.601. The van der Waals surface area contributed by atoms with E-state index in [0.717, 1.165) is 5.56 Å². The minimum absolute atomic E-state index is 0.259.